The van der Waals surface area contributed by atoms with E-state index in [9.17, 15) is 16.8 Å². The van der Waals surface area contributed by atoms with Gasteiger partial charge in [-0.3, -0.25) is 0 Å². The quantitative estimate of drug-likeness (QED) is 0.376. The van der Waals surface area contributed by atoms with Gasteiger partial charge >= 0.3 is 0 Å². The summed E-state index contributed by atoms with van der Waals surface area (Å²) in [6.07, 6.45) is 6.72. The number of hydrogen-bond acceptors (Lipinski definition) is 6. The zero-order valence-corrected chi connectivity index (χ0v) is 21.8. The van der Waals surface area contributed by atoms with E-state index < -0.39 is 19.9 Å². The molecule has 3 aromatic heterocycles. The van der Waals surface area contributed by atoms with Crippen LogP contribution in [0.3, 0.4) is 0 Å². The zero-order valence-electron chi connectivity index (χ0n) is 20.2. The first-order valence-corrected chi connectivity index (χ1v) is 15.4. The van der Waals surface area contributed by atoms with Crippen molar-refractivity contribution in [2.75, 3.05) is 0 Å². The van der Waals surface area contributed by atoms with E-state index in [4.69, 9.17) is 0 Å². The van der Waals surface area contributed by atoms with Crippen LogP contribution in [0.5, 0.6) is 0 Å². The first-order valence-electron chi connectivity index (χ1n) is 12.4. The molecule has 2 saturated carbocycles. The largest absolute Gasteiger partial charge is 0.346 e. The molecule has 11 heteroatoms. The Morgan fingerprint density at radius 1 is 1.11 bits per heavy atom. The third kappa shape index (κ3) is 3.75. The third-order valence-electron chi connectivity index (χ3n) is 7.63. The molecule has 0 aliphatic heterocycles. The number of aryl methyl sites for hydroxylation is 1. The SMILES string of the molecule is CCC1CC(NS(=O)(=O)C2CC2)CC1n1c(S(=O)(=O)c2ccccc2C)nc2cnc3[nH]ccc3c21. The second-order valence-corrected chi connectivity index (χ2v) is 13.8. The van der Waals surface area contributed by atoms with E-state index in [2.05, 4.69) is 26.6 Å². The summed E-state index contributed by atoms with van der Waals surface area (Å²) in [4.78, 5) is 12.4. The molecule has 6 rings (SSSR count). The van der Waals surface area contributed by atoms with Crippen LogP contribution in [-0.4, -0.2) is 47.6 Å². The van der Waals surface area contributed by atoms with Crippen LogP contribution in [0.1, 0.15) is 50.6 Å². The van der Waals surface area contributed by atoms with Crippen LogP contribution in [-0.2, 0) is 19.9 Å². The van der Waals surface area contributed by atoms with Crippen molar-refractivity contribution in [2.45, 2.75) is 73.3 Å². The summed E-state index contributed by atoms with van der Waals surface area (Å²) in [6.45, 7) is 3.84. The molecular weight excluding hydrogens is 498 g/mol. The van der Waals surface area contributed by atoms with Gasteiger partial charge in [-0.05, 0) is 56.2 Å². The van der Waals surface area contributed by atoms with Crippen LogP contribution >= 0.6 is 0 Å². The highest BCUT2D eigenvalue weighted by Crippen LogP contribution is 2.44. The van der Waals surface area contributed by atoms with Gasteiger partial charge in [0.2, 0.25) is 25.0 Å². The Labute approximate surface area is 210 Å². The fourth-order valence-electron chi connectivity index (χ4n) is 5.69. The molecule has 1 aromatic carbocycles. The summed E-state index contributed by atoms with van der Waals surface area (Å²) in [7, 11) is -7.32. The lowest BCUT2D eigenvalue weighted by molar-refractivity contribution is 0.356. The second-order valence-electron chi connectivity index (χ2n) is 10.0. The lowest BCUT2D eigenvalue weighted by Crippen LogP contribution is -2.35. The predicted octanol–water partition coefficient (Wildman–Crippen LogP) is 3.87. The van der Waals surface area contributed by atoms with Crippen LogP contribution in [0.25, 0.3) is 22.1 Å². The minimum atomic E-state index is -3.96. The number of nitrogens with one attached hydrogen (secondary N) is 2. The summed E-state index contributed by atoms with van der Waals surface area (Å²) < 4.78 is 58.3. The summed E-state index contributed by atoms with van der Waals surface area (Å²) in [5.74, 6) is 0.0854. The summed E-state index contributed by atoms with van der Waals surface area (Å²) >= 11 is 0. The molecule has 2 N–H and O–H groups in total. The lowest BCUT2D eigenvalue weighted by atomic mass is 10.0. The summed E-state index contributed by atoms with van der Waals surface area (Å²) in [5, 5.41) is 0.479. The molecule has 0 saturated heterocycles. The number of pyridine rings is 1. The molecule has 36 heavy (non-hydrogen) atoms. The van der Waals surface area contributed by atoms with Crippen molar-refractivity contribution in [3.05, 3.63) is 48.3 Å². The normalized spacial score (nSPS) is 23.1. The maximum absolute atomic E-state index is 14.1. The number of sulfonamides is 1. The highest BCUT2D eigenvalue weighted by molar-refractivity contribution is 7.91. The van der Waals surface area contributed by atoms with E-state index in [-0.39, 0.29) is 33.3 Å². The number of hydrogen-bond donors (Lipinski definition) is 2. The number of fused-ring (bicyclic) bond motifs is 3. The Balaban J connectivity index is 1.54. The van der Waals surface area contributed by atoms with Crippen molar-refractivity contribution in [1.82, 2.24) is 24.2 Å². The van der Waals surface area contributed by atoms with Gasteiger partial charge in [0.1, 0.15) is 11.2 Å². The van der Waals surface area contributed by atoms with E-state index in [0.29, 0.717) is 47.9 Å². The fourth-order valence-corrected chi connectivity index (χ4v) is 8.94. The van der Waals surface area contributed by atoms with Gasteiger partial charge in [-0.25, -0.2) is 31.5 Å². The Morgan fingerprint density at radius 2 is 1.89 bits per heavy atom. The molecule has 3 heterocycles. The van der Waals surface area contributed by atoms with Crippen LogP contribution in [0.2, 0.25) is 0 Å². The molecule has 2 aliphatic carbocycles. The van der Waals surface area contributed by atoms with E-state index in [1.165, 1.54) is 0 Å². The second kappa shape index (κ2) is 8.39. The Kier molecular flexibility index (Phi) is 5.51. The van der Waals surface area contributed by atoms with Gasteiger partial charge in [-0.2, -0.15) is 0 Å². The molecule has 190 valence electrons. The number of imidazole rings is 1. The fraction of sp³-hybridized carbons (Fsp3) is 0.440. The number of sulfone groups is 1. The van der Waals surface area contributed by atoms with Crippen molar-refractivity contribution in [1.29, 1.82) is 0 Å². The first-order chi connectivity index (χ1) is 17.2. The van der Waals surface area contributed by atoms with Crippen molar-refractivity contribution in [3.8, 4) is 0 Å². The van der Waals surface area contributed by atoms with Gasteiger partial charge in [-0.15, -0.1) is 0 Å². The van der Waals surface area contributed by atoms with Crippen LogP contribution in [0.4, 0.5) is 0 Å². The van der Waals surface area contributed by atoms with Crippen molar-refractivity contribution < 1.29 is 16.8 Å². The van der Waals surface area contributed by atoms with E-state index in [1.807, 2.05) is 16.7 Å². The number of H-pyrrole nitrogens is 1. The minimum absolute atomic E-state index is 0.0172. The Hall–Kier alpha value is -2.76. The zero-order chi connectivity index (χ0) is 25.2. The molecule has 2 aliphatic rings. The Bertz CT molecular complexity index is 1690. The molecule has 4 aromatic rings. The van der Waals surface area contributed by atoms with E-state index in [1.54, 1.807) is 37.5 Å². The number of rotatable bonds is 7. The molecule has 9 nitrogen and oxygen atoms in total. The molecule has 3 atom stereocenters. The smallest absolute Gasteiger partial charge is 0.240 e. The van der Waals surface area contributed by atoms with Gasteiger partial charge in [-0.1, -0.05) is 31.5 Å². The number of aromatic amines is 1. The van der Waals surface area contributed by atoms with Crippen LogP contribution in [0, 0.1) is 12.8 Å². The predicted molar refractivity (Wildman–Crippen MR) is 137 cm³/mol. The molecule has 0 radical (unpaired) electrons. The number of benzene rings is 1. The van der Waals surface area contributed by atoms with Gasteiger partial charge in [0.25, 0.3) is 0 Å². The van der Waals surface area contributed by atoms with Gasteiger partial charge in [0.15, 0.2) is 0 Å². The molecule has 0 amide bonds. The highest BCUT2D eigenvalue weighted by atomic mass is 32.2. The maximum Gasteiger partial charge on any atom is 0.240 e. The molecular formula is C25H29N5O4S2. The van der Waals surface area contributed by atoms with E-state index >= 15 is 0 Å². The first kappa shape index (κ1) is 23.6. The summed E-state index contributed by atoms with van der Waals surface area (Å²) in [5.41, 5.74) is 2.52. The van der Waals surface area contributed by atoms with Gasteiger partial charge < -0.3 is 9.55 Å². The monoisotopic (exact) mass is 527 g/mol. The van der Waals surface area contributed by atoms with E-state index in [0.717, 1.165) is 11.8 Å². The maximum atomic E-state index is 14.1. The minimum Gasteiger partial charge on any atom is -0.346 e. The van der Waals surface area contributed by atoms with Gasteiger partial charge in [0, 0.05) is 23.7 Å². The Morgan fingerprint density at radius 3 is 2.61 bits per heavy atom. The molecule has 0 spiro atoms. The van der Waals surface area contributed by atoms with Crippen LogP contribution < -0.4 is 4.72 Å². The third-order valence-corrected chi connectivity index (χ3v) is 11.4. The molecule has 0 bridgehead atoms. The average molecular weight is 528 g/mol. The van der Waals surface area contributed by atoms with Crippen molar-refractivity contribution in [3.63, 3.8) is 0 Å². The number of nitrogens with zero attached hydrogens (tertiary/aromatic N) is 3. The number of aromatic nitrogens is 4. The summed E-state index contributed by atoms with van der Waals surface area (Å²) in [6, 6.07) is 8.31. The molecule has 3 unspecified atom stereocenters. The standard InChI is InChI=1S/C25H29N5O4S2/c1-3-16-12-17(29-36(33,34)18-8-9-18)13-21(16)30-23-19-10-11-26-24(19)27-14-20(23)28-25(30)35(31,32)22-7-5-4-6-15(22)2/h4-7,10-11,14,16-18,21,29H,3,8-9,12-13H2,1-2H3,(H,26,27). The van der Waals surface area contributed by atoms with Gasteiger partial charge in [0.05, 0.1) is 21.9 Å². The average Bonchev–Trinajstić information content (AvgIpc) is 3.30. The molecule has 2 fully saturated rings. The van der Waals surface area contributed by atoms with Crippen molar-refractivity contribution >= 4 is 41.9 Å². The topological polar surface area (TPSA) is 127 Å². The van der Waals surface area contributed by atoms with Crippen LogP contribution in [0.15, 0.2) is 52.8 Å². The lowest BCUT2D eigenvalue weighted by Gasteiger charge is -2.23. The van der Waals surface area contributed by atoms with Crippen molar-refractivity contribution in [2.24, 2.45) is 5.92 Å². The highest BCUT2D eigenvalue weighted by Gasteiger charge is 2.43.